The zero-order valence-corrected chi connectivity index (χ0v) is 15.2. The molecule has 2 N–H and O–H groups in total. The van der Waals surface area contributed by atoms with Gasteiger partial charge in [0.05, 0.1) is 11.1 Å². The van der Waals surface area contributed by atoms with E-state index >= 15 is 0 Å². The van der Waals surface area contributed by atoms with Crippen molar-refractivity contribution < 1.29 is 14.0 Å². The largest absolute Gasteiger partial charge is 0.352 e. The van der Waals surface area contributed by atoms with Crippen LogP contribution >= 0.6 is 0 Å². The second-order valence-corrected chi connectivity index (χ2v) is 6.23. The first kappa shape index (κ1) is 19.2. The Morgan fingerprint density at radius 1 is 0.857 bits per heavy atom. The van der Waals surface area contributed by atoms with Crippen LogP contribution in [0.4, 0.5) is 4.39 Å². The van der Waals surface area contributed by atoms with E-state index < -0.39 is 5.91 Å². The molecule has 142 valence electrons. The molecule has 0 spiro atoms. The maximum atomic E-state index is 13.6. The molecule has 2 aromatic carbocycles. The summed E-state index contributed by atoms with van der Waals surface area (Å²) >= 11 is 0. The lowest BCUT2D eigenvalue weighted by atomic mass is 10.1. The Morgan fingerprint density at radius 2 is 1.50 bits per heavy atom. The second-order valence-electron chi connectivity index (χ2n) is 6.23. The van der Waals surface area contributed by atoms with Gasteiger partial charge >= 0.3 is 0 Å². The molecular formula is C22H20FN3O2. The van der Waals surface area contributed by atoms with Gasteiger partial charge in [0, 0.05) is 31.0 Å². The summed E-state index contributed by atoms with van der Waals surface area (Å²) in [7, 11) is 0. The Kier molecular flexibility index (Phi) is 6.46. The van der Waals surface area contributed by atoms with Crippen molar-refractivity contribution in [1.82, 2.24) is 15.6 Å². The molecular weight excluding hydrogens is 357 g/mol. The van der Waals surface area contributed by atoms with Gasteiger partial charge in [-0.3, -0.25) is 14.6 Å². The molecule has 0 atom stereocenters. The van der Waals surface area contributed by atoms with Gasteiger partial charge in [0.15, 0.2) is 0 Å². The van der Waals surface area contributed by atoms with Gasteiger partial charge in [-0.25, -0.2) is 4.39 Å². The average Bonchev–Trinajstić information content (AvgIpc) is 2.74. The lowest BCUT2D eigenvalue weighted by Gasteiger charge is -2.08. The Morgan fingerprint density at radius 3 is 2.21 bits per heavy atom. The summed E-state index contributed by atoms with van der Waals surface area (Å²) in [5, 5.41) is 5.45. The highest BCUT2D eigenvalue weighted by Gasteiger charge is 2.12. The number of amides is 2. The van der Waals surface area contributed by atoms with E-state index in [9.17, 15) is 14.0 Å². The van der Waals surface area contributed by atoms with E-state index in [2.05, 4.69) is 15.6 Å². The lowest BCUT2D eigenvalue weighted by molar-refractivity contribution is 0.0950. The van der Waals surface area contributed by atoms with Crippen molar-refractivity contribution in [3.05, 3.63) is 101 Å². The second kappa shape index (κ2) is 9.41. The van der Waals surface area contributed by atoms with E-state index in [1.807, 2.05) is 30.3 Å². The molecule has 0 radical (unpaired) electrons. The van der Waals surface area contributed by atoms with Crippen LogP contribution in [0.5, 0.6) is 0 Å². The maximum Gasteiger partial charge on any atom is 0.253 e. The highest BCUT2D eigenvalue weighted by Crippen LogP contribution is 2.07. The number of hydrogen-bond donors (Lipinski definition) is 2. The molecule has 6 heteroatoms. The molecule has 28 heavy (non-hydrogen) atoms. The van der Waals surface area contributed by atoms with Crippen molar-refractivity contribution in [1.29, 1.82) is 0 Å². The zero-order chi connectivity index (χ0) is 19.8. The van der Waals surface area contributed by atoms with Crippen LogP contribution in [0.2, 0.25) is 0 Å². The topological polar surface area (TPSA) is 71.1 Å². The fourth-order valence-corrected chi connectivity index (χ4v) is 2.67. The fourth-order valence-electron chi connectivity index (χ4n) is 2.67. The van der Waals surface area contributed by atoms with Crippen molar-refractivity contribution in [2.24, 2.45) is 0 Å². The number of halogens is 1. The van der Waals surface area contributed by atoms with Crippen molar-refractivity contribution in [2.75, 3.05) is 6.54 Å². The molecule has 3 aromatic rings. The molecule has 0 aliphatic rings. The Balaban J connectivity index is 1.55. The van der Waals surface area contributed by atoms with Gasteiger partial charge < -0.3 is 10.6 Å². The number of aromatic nitrogens is 1. The van der Waals surface area contributed by atoms with Gasteiger partial charge in [0.25, 0.3) is 11.8 Å². The van der Waals surface area contributed by atoms with Crippen LogP contribution in [0.3, 0.4) is 0 Å². The Bertz CT molecular complexity index is 961. The van der Waals surface area contributed by atoms with Crippen LogP contribution in [-0.4, -0.2) is 23.3 Å². The summed E-state index contributed by atoms with van der Waals surface area (Å²) in [5.41, 5.74) is 2.06. The predicted octanol–water partition coefficient (Wildman–Crippen LogP) is 3.12. The monoisotopic (exact) mass is 377 g/mol. The Hall–Kier alpha value is -3.54. The van der Waals surface area contributed by atoms with Crippen LogP contribution < -0.4 is 10.6 Å². The quantitative estimate of drug-likeness (QED) is 0.665. The van der Waals surface area contributed by atoms with Gasteiger partial charge in [-0.05, 0) is 24.1 Å². The molecule has 0 aliphatic heterocycles. The summed E-state index contributed by atoms with van der Waals surface area (Å²) in [4.78, 5) is 28.6. The standard InChI is InChI=1S/C22H20FN3O2/c23-20-9-5-4-8-17(20)15-26-22(28)19-12-18(13-24-14-19)21(27)25-11-10-16-6-2-1-3-7-16/h1-9,12-14H,10-11,15H2,(H,25,27)(H,26,28). The molecule has 0 aliphatic carbocycles. The third-order valence-electron chi connectivity index (χ3n) is 4.20. The number of hydrogen-bond acceptors (Lipinski definition) is 3. The van der Waals surface area contributed by atoms with Crippen molar-refractivity contribution >= 4 is 11.8 Å². The Labute approximate surface area is 162 Å². The third-order valence-corrected chi connectivity index (χ3v) is 4.20. The number of carbonyl (C=O) groups excluding carboxylic acids is 2. The highest BCUT2D eigenvalue weighted by molar-refractivity contribution is 5.99. The van der Waals surface area contributed by atoms with E-state index in [4.69, 9.17) is 0 Å². The molecule has 2 amide bonds. The minimum absolute atomic E-state index is 0.0546. The summed E-state index contributed by atoms with van der Waals surface area (Å²) in [5.74, 6) is -1.10. The molecule has 0 bridgehead atoms. The van der Waals surface area contributed by atoms with E-state index in [0.29, 0.717) is 24.1 Å². The van der Waals surface area contributed by atoms with Gasteiger partial charge in [0.2, 0.25) is 0 Å². The summed E-state index contributed by atoms with van der Waals surface area (Å²) < 4.78 is 13.6. The predicted molar refractivity (Wildman–Crippen MR) is 104 cm³/mol. The minimum Gasteiger partial charge on any atom is -0.352 e. The molecule has 3 rings (SSSR count). The average molecular weight is 377 g/mol. The normalized spacial score (nSPS) is 10.3. The molecule has 0 fully saturated rings. The number of rotatable bonds is 7. The highest BCUT2D eigenvalue weighted by atomic mass is 19.1. The van der Waals surface area contributed by atoms with Gasteiger partial charge in [0.1, 0.15) is 5.82 Å². The van der Waals surface area contributed by atoms with Crippen LogP contribution in [0.25, 0.3) is 0 Å². The first-order chi connectivity index (χ1) is 13.6. The number of benzene rings is 2. The molecule has 5 nitrogen and oxygen atoms in total. The number of nitrogens with one attached hydrogen (secondary N) is 2. The summed E-state index contributed by atoms with van der Waals surface area (Å²) in [6.45, 7) is 0.533. The van der Waals surface area contributed by atoms with E-state index in [0.717, 1.165) is 5.56 Å². The first-order valence-corrected chi connectivity index (χ1v) is 8.92. The first-order valence-electron chi connectivity index (χ1n) is 8.92. The van der Waals surface area contributed by atoms with Crippen LogP contribution in [0.15, 0.2) is 73.1 Å². The van der Waals surface area contributed by atoms with Crippen LogP contribution in [0.1, 0.15) is 31.8 Å². The van der Waals surface area contributed by atoms with Crippen molar-refractivity contribution in [3.63, 3.8) is 0 Å². The van der Waals surface area contributed by atoms with Gasteiger partial charge in [-0.1, -0.05) is 48.5 Å². The number of carbonyl (C=O) groups is 2. The molecule has 0 unspecified atom stereocenters. The van der Waals surface area contributed by atoms with Crippen LogP contribution in [-0.2, 0) is 13.0 Å². The molecule has 0 saturated heterocycles. The number of pyridine rings is 1. The van der Waals surface area contributed by atoms with Gasteiger partial charge in [-0.2, -0.15) is 0 Å². The van der Waals surface area contributed by atoms with Crippen LogP contribution in [0, 0.1) is 5.82 Å². The van der Waals surface area contributed by atoms with E-state index in [-0.39, 0.29) is 23.8 Å². The summed E-state index contributed by atoms with van der Waals surface area (Å²) in [6, 6.07) is 17.5. The lowest BCUT2D eigenvalue weighted by Crippen LogP contribution is -2.27. The summed E-state index contributed by atoms with van der Waals surface area (Å²) in [6.07, 6.45) is 3.49. The zero-order valence-electron chi connectivity index (χ0n) is 15.2. The smallest absolute Gasteiger partial charge is 0.253 e. The van der Waals surface area contributed by atoms with Crippen molar-refractivity contribution in [2.45, 2.75) is 13.0 Å². The molecule has 0 saturated carbocycles. The van der Waals surface area contributed by atoms with Gasteiger partial charge in [-0.15, -0.1) is 0 Å². The SMILES string of the molecule is O=C(NCCc1ccccc1)c1cncc(C(=O)NCc2ccccc2F)c1. The third kappa shape index (κ3) is 5.23. The fraction of sp³-hybridized carbons (Fsp3) is 0.136. The van der Waals surface area contributed by atoms with Crippen molar-refractivity contribution in [3.8, 4) is 0 Å². The molecule has 1 aromatic heterocycles. The minimum atomic E-state index is -0.422. The van der Waals surface area contributed by atoms with E-state index in [1.54, 1.807) is 18.2 Å². The van der Waals surface area contributed by atoms with E-state index in [1.165, 1.54) is 24.5 Å². The molecule has 1 heterocycles. The maximum absolute atomic E-state index is 13.6. The number of nitrogens with zero attached hydrogens (tertiary/aromatic N) is 1.